The Morgan fingerprint density at radius 2 is 1.74 bits per heavy atom. The molecule has 0 aliphatic rings. The van der Waals surface area contributed by atoms with Crippen LogP contribution in [0.3, 0.4) is 0 Å². The molecule has 3 aromatic rings. The molecule has 0 atom stereocenters. The highest BCUT2D eigenvalue weighted by Crippen LogP contribution is 2.25. The summed E-state index contributed by atoms with van der Waals surface area (Å²) < 4.78 is 5.48. The van der Waals surface area contributed by atoms with Crippen molar-refractivity contribution in [2.45, 2.75) is 26.7 Å². The predicted molar refractivity (Wildman–Crippen MR) is 94.4 cm³/mol. The van der Waals surface area contributed by atoms with Gasteiger partial charge < -0.3 is 10.1 Å². The lowest BCUT2D eigenvalue weighted by Gasteiger charge is -2.11. The van der Waals surface area contributed by atoms with Crippen LogP contribution in [0.2, 0.25) is 0 Å². The minimum absolute atomic E-state index is 0.670. The first kappa shape index (κ1) is 15.3. The molecule has 0 radical (unpaired) electrons. The van der Waals surface area contributed by atoms with E-state index in [1.165, 1.54) is 0 Å². The molecule has 23 heavy (non-hydrogen) atoms. The molecular formula is C19H21N3O. The molecule has 2 aromatic carbocycles. The second-order valence-corrected chi connectivity index (χ2v) is 5.34. The molecule has 1 heterocycles. The van der Waals surface area contributed by atoms with Crippen molar-refractivity contribution in [1.29, 1.82) is 0 Å². The first-order valence-electron chi connectivity index (χ1n) is 8.05. The van der Waals surface area contributed by atoms with Crippen LogP contribution >= 0.6 is 0 Å². The van der Waals surface area contributed by atoms with Crippen molar-refractivity contribution in [1.82, 2.24) is 9.97 Å². The van der Waals surface area contributed by atoms with Gasteiger partial charge in [0.05, 0.1) is 12.1 Å². The Bertz CT molecular complexity index is 784. The summed E-state index contributed by atoms with van der Waals surface area (Å²) in [7, 11) is 0. The van der Waals surface area contributed by atoms with Gasteiger partial charge in [-0.3, -0.25) is 0 Å². The SMILES string of the molecule is CCCc1nc(Nc2ccc(OCC)cc2)c2ccccc2n1. The average molecular weight is 307 g/mol. The monoisotopic (exact) mass is 307 g/mol. The fourth-order valence-electron chi connectivity index (χ4n) is 2.49. The summed E-state index contributed by atoms with van der Waals surface area (Å²) in [6, 6.07) is 16.0. The highest BCUT2D eigenvalue weighted by Gasteiger charge is 2.07. The fraction of sp³-hybridized carbons (Fsp3) is 0.263. The molecule has 0 amide bonds. The zero-order valence-electron chi connectivity index (χ0n) is 13.5. The number of anilines is 2. The number of nitrogens with zero attached hydrogens (tertiary/aromatic N) is 2. The Morgan fingerprint density at radius 3 is 2.48 bits per heavy atom. The molecule has 0 bridgehead atoms. The number of hydrogen-bond donors (Lipinski definition) is 1. The standard InChI is InChI=1S/C19H21N3O/c1-3-7-18-21-17-9-6-5-8-16(17)19(22-18)20-14-10-12-15(13-11-14)23-4-2/h5-6,8-13H,3-4,7H2,1-2H3,(H,20,21,22). The second kappa shape index (κ2) is 7.09. The topological polar surface area (TPSA) is 47.0 Å². The number of para-hydroxylation sites is 1. The van der Waals surface area contributed by atoms with Crippen molar-refractivity contribution in [3.63, 3.8) is 0 Å². The molecule has 0 fully saturated rings. The summed E-state index contributed by atoms with van der Waals surface area (Å²) >= 11 is 0. The molecule has 1 N–H and O–H groups in total. The third kappa shape index (κ3) is 3.59. The minimum Gasteiger partial charge on any atom is -0.494 e. The van der Waals surface area contributed by atoms with Crippen LogP contribution in [0.4, 0.5) is 11.5 Å². The Labute approximate surface area is 136 Å². The zero-order chi connectivity index (χ0) is 16.1. The van der Waals surface area contributed by atoms with E-state index < -0.39 is 0 Å². The van der Waals surface area contributed by atoms with Crippen LogP contribution < -0.4 is 10.1 Å². The van der Waals surface area contributed by atoms with E-state index in [-0.39, 0.29) is 0 Å². The summed E-state index contributed by atoms with van der Waals surface area (Å²) in [4.78, 5) is 9.33. The lowest BCUT2D eigenvalue weighted by Crippen LogP contribution is -2.01. The highest BCUT2D eigenvalue weighted by molar-refractivity contribution is 5.90. The third-order valence-electron chi connectivity index (χ3n) is 3.55. The number of nitrogens with one attached hydrogen (secondary N) is 1. The van der Waals surface area contributed by atoms with Crippen LogP contribution in [0, 0.1) is 0 Å². The summed E-state index contributed by atoms with van der Waals surface area (Å²) in [5.41, 5.74) is 1.96. The molecule has 1 aromatic heterocycles. The quantitative estimate of drug-likeness (QED) is 0.715. The molecule has 4 nitrogen and oxygen atoms in total. The van der Waals surface area contributed by atoms with Gasteiger partial charge in [-0.05, 0) is 49.7 Å². The third-order valence-corrected chi connectivity index (χ3v) is 3.55. The van der Waals surface area contributed by atoms with Crippen LogP contribution in [0.1, 0.15) is 26.1 Å². The molecule has 0 unspecified atom stereocenters. The highest BCUT2D eigenvalue weighted by atomic mass is 16.5. The van der Waals surface area contributed by atoms with Gasteiger partial charge in [-0.2, -0.15) is 0 Å². The molecule has 0 saturated carbocycles. The van der Waals surface area contributed by atoms with E-state index >= 15 is 0 Å². The fourth-order valence-corrected chi connectivity index (χ4v) is 2.49. The van der Waals surface area contributed by atoms with Gasteiger partial charge in [0.1, 0.15) is 17.4 Å². The molecule has 0 aliphatic carbocycles. The largest absolute Gasteiger partial charge is 0.494 e. The predicted octanol–water partition coefficient (Wildman–Crippen LogP) is 4.72. The van der Waals surface area contributed by atoms with Crippen molar-refractivity contribution >= 4 is 22.4 Å². The van der Waals surface area contributed by atoms with Gasteiger partial charge in [0.2, 0.25) is 0 Å². The minimum atomic E-state index is 0.670. The molecule has 3 rings (SSSR count). The van der Waals surface area contributed by atoms with E-state index in [0.717, 1.165) is 46.8 Å². The maximum atomic E-state index is 5.48. The number of ether oxygens (including phenoxy) is 1. The summed E-state index contributed by atoms with van der Waals surface area (Å²) in [6.07, 6.45) is 1.91. The van der Waals surface area contributed by atoms with Gasteiger partial charge in [-0.1, -0.05) is 19.1 Å². The van der Waals surface area contributed by atoms with Gasteiger partial charge in [0.15, 0.2) is 0 Å². The summed E-state index contributed by atoms with van der Waals surface area (Å²) in [5, 5.41) is 4.44. The van der Waals surface area contributed by atoms with Crippen LogP contribution in [0.25, 0.3) is 10.9 Å². The van der Waals surface area contributed by atoms with Crippen LogP contribution in [-0.2, 0) is 6.42 Å². The smallest absolute Gasteiger partial charge is 0.142 e. The van der Waals surface area contributed by atoms with E-state index in [4.69, 9.17) is 9.72 Å². The lowest BCUT2D eigenvalue weighted by molar-refractivity contribution is 0.340. The van der Waals surface area contributed by atoms with E-state index in [1.54, 1.807) is 0 Å². The maximum Gasteiger partial charge on any atom is 0.142 e. The van der Waals surface area contributed by atoms with Crippen LogP contribution in [0.5, 0.6) is 5.75 Å². The number of aryl methyl sites for hydroxylation is 1. The Hall–Kier alpha value is -2.62. The number of hydrogen-bond acceptors (Lipinski definition) is 4. The molecule has 0 spiro atoms. The Morgan fingerprint density at radius 1 is 0.957 bits per heavy atom. The lowest BCUT2D eigenvalue weighted by atomic mass is 10.2. The molecular weight excluding hydrogens is 286 g/mol. The first-order chi connectivity index (χ1) is 11.3. The van der Waals surface area contributed by atoms with Gasteiger partial charge in [0, 0.05) is 17.5 Å². The van der Waals surface area contributed by atoms with Crippen molar-refractivity contribution in [2.24, 2.45) is 0 Å². The van der Waals surface area contributed by atoms with Crippen LogP contribution in [0.15, 0.2) is 48.5 Å². The van der Waals surface area contributed by atoms with E-state index in [0.29, 0.717) is 6.61 Å². The number of rotatable bonds is 6. The van der Waals surface area contributed by atoms with Gasteiger partial charge >= 0.3 is 0 Å². The second-order valence-electron chi connectivity index (χ2n) is 5.34. The number of aromatic nitrogens is 2. The maximum absolute atomic E-state index is 5.48. The van der Waals surface area contributed by atoms with Crippen molar-refractivity contribution < 1.29 is 4.74 Å². The number of fused-ring (bicyclic) bond motifs is 1. The number of benzene rings is 2. The molecule has 0 aliphatic heterocycles. The van der Waals surface area contributed by atoms with E-state index in [2.05, 4.69) is 17.2 Å². The van der Waals surface area contributed by atoms with E-state index in [9.17, 15) is 0 Å². The summed E-state index contributed by atoms with van der Waals surface area (Å²) in [5.74, 6) is 2.60. The first-order valence-corrected chi connectivity index (χ1v) is 8.05. The van der Waals surface area contributed by atoms with Crippen molar-refractivity contribution in [2.75, 3.05) is 11.9 Å². The van der Waals surface area contributed by atoms with E-state index in [1.807, 2.05) is 55.5 Å². The zero-order valence-corrected chi connectivity index (χ0v) is 13.5. The Kier molecular flexibility index (Phi) is 4.71. The van der Waals surface area contributed by atoms with Crippen LogP contribution in [-0.4, -0.2) is 16.6 Å². The van der Waals surface area contributed by atoms with Crippen molar-refractivity contribution in [3.05, 3.63) is 54.4 Å². The van der Waals surface area contributed by atoms with Gasteiger partial charge in [-0.25, -0.2) is 9.97 Å². The summed E-state index contributed by atoms with van der Waals surface area (Å²) in [6.45, 7) is 4.79. The van der Waals surface area contributed by atoms with Gasteiger partial charge in [-0.15, -0.1) is 0 Å². The molecule has 118 valence electrons. The van der Waals surface area contributed by atoms with Gasteiger partial charge in [0.25, 0.3) is 0 Å². The molecule has 4 heteroatoms. The normalized spacial score (nSPS) is 10.7. The van der Waals surface area contributed by atoms with Crippen molar-refractivity contribution in [3.8, 4) is 5.75 Å². The average Bonchev–Trinajstić information content (AvgIpc) is 2.57. The Balaban J connectivity index is 1.94. The molecule has 0 saturated heterocycles.